The molecule has 1 aromatic carbocycles. The van der Waals surface area contributed by atoms with E-state index < -0.39 is 0 Å². The highest BCUT2D eigenvalue weighted by molar-refractivity contribution is 6.35. The summed E-state index contributed by atoms with van der Waals surface area (Å²) in [6, 6.07) is 3.69. The molecule has 2 aromatic heterocycles. The molecule has 0 aliphatic rings. The molecule has 0 saturated carbocycles. The smallest absolute Gasteiger partial charge is 0.162 e. The first-order valence-corrected chi connectivity index (χ1v) is 7.32. The number of aromatic nitrogens is 3. The van der Waals surface area contributed by atoms with Gasteiger partial charge in [0.1, 0.15) is 6.10 Å². The van der Waals surface area contributed by atoms with Gasteiger partial charge >= 0.3 is 0 Å². The fourth-order valence-electron chi connectivity index (χ4n) is 2.26. The van der Waals surface area contributed by atoms with E-state index in [2.05, 4.69) is 15.2 Å². The number of nitrogens with one attached hydrogen (secondary N) is 1. The lowest BCUT2D eigenvalue weighted by Crippen LogP contribution is -2.06. The number of hydrogen-bond acceptors (Lipinski definition) is 4. The first-order valence-electron chi connectivity index (χ1n) is 6.57. The summed E-state index contributed by atoms with van der Waals surface area (Å²) in [5.74, 6) is 1.19. The molecule has 3 rings (SSSR count). The molecule has 0 amide bonds. The quantitative estimate of drug-likeness (QED) is 0.765. The van der Waals surface area contributed by atoms with Gasteiger partial charge in [-0.25, -0.2) is 0 Å². The summed E-state index contributed by atoms with van der Waals surface area (Å²) < 4.78 is 11.4. The van der Waals surface area contributed by atoms with Gasteiger partial charge in [0.05, 0.1) is 28.9 Å². The summed E-state index contributed by atoms with van der Waals surface area (Å²) in [6.45, 7) is 1.87. The third-order valence-corrected chi connectivity index (χ3v) is 3.93. The van der Waals surface area contributed by atoms with Gasteiger partial charge in [0.25, 0.3) is 0 Å². The number of ether oxygens (including phenoxy) is 2. The van der Waals surface area contributed by atoms with E-state index in [1.54, 1.807) is 25.7 Å². The van der Waals surface area contributed by atoms with E-state index >= 15 is 0 Å². The molecule has 114 valence electrons. The Bertz CT molecular complexity index is 799. The minimum atomic E-state index is -0.360. The van der Waals surface area contributed by atoms with Crippen LogP contribution >= 0.6 is 23.2 Å². The van der Waals surface area contributed by atoms with Crippen molar-refractivity contribution in [3.05, 3.63) is 46.3 Å². The number of benzene rings is 1. The van der Waals surface area contributed by atoms with Crippen molar-refractivity contribution in [3.63, 3.8) is 0 Å². The second-order valence-corrected chi connectivity index (χ2v) is 5.55. The van der Waals surface area contributed by atoms with Gasteiger partial charge in [0.15, 0.2) is 11.5 Å². The molecule has 5 nitrogen and oxygen atoms in total. The average molecular weight is 338 g/mol. The van der Waals surface area contributed by atoms with Crippen molar-refractivity contribution < 1.29 is 9.47 Å². The molecular formula is C15H13Cl2N3O2. The first kappa shape index (κ1) is 14.9. The number of halogens is 2. The van der Waals surface area contributed by atoms with Crippen molar-refractivity contribution >= 4 is 34.1 Å². The van der Waals surface area contributed by atoms with Crippen molar-refractivity contribution in [2.24, 2.45) is 0 Å². The zero-order chi connectivity index (χ0) is 15.7. The molecule has 3 aromatic rings. The van der Waals surface area contributed by atoms with Crippen molar-refractivity contribution in [1.29, 1.82) is 0 Å². The van der Waals surface area contributed by atoms with Gasteiger partial charge in [0.2, 0.25) is 0 Å². The third kappa shape index (κ3) is 2.69. The van der Waals surface area contributed by atoms with Crippen LogP contribution in [-0.2, 0) is 0 Å². The van der Waals surface area contributed by atoms with Crippen LogP contribution in [0.5, 0.6) is 11.5 Å². The highest BCUT2D eigenvalue weighted by Gasteiger charge is 2.18. The van der Waals surface area contributed by atoms with Crippen molar-refractivity contribution in [2.45, 2.75) is 13.0 Å². The summed E-state index contributed by atoms with van der Waals surface area (Å²) >= 11 is 12.3. The van der Waals surface area contributed by atoms with Gasteiger partial charge in [-0.05, 0) is 13.0 Å². The van der Waals surface area contributed by atoms with Gasteiger partial charge in [-0.2, -0.15) is 5.10 Å². The molecular weight excluding hydrogens is 325 g/mol. The zero-order valence-corrected chi connectivity index (χ0v) is 13.4. The predicted octanol–water partition coefficient (Wildman–Crippen LogP) is 4.41. The molecule has 2 heterocycles. The minimum Gasteiger partial charge on any atom is -0.493 e. The number of hydrogen-bond donors (Lipinski definition) is 1. The molecule has 0 bridgehead atoms. The molecule has 1 N–H and O–H groups in total. The molecule has 0 aliphatic heterocycles. The maximum Gasteiger partial charge on any atom is 0.162 e. The predicted molar refractivity (Wildman–Crippen MR) is 85.9 cm³/mol. The third-order valence-electron chi connectivity index (χ3n) is 3.33. The Labute approximate surface area is 137 Å². The average Bonchev–Trinajstić information content (AvgIpc) is 2.93. The monoisotopic (exact) mass is 337 g/mol. The van der Waals surface area contributed by atoms with E-state index in [0.717, 1.165) is 10.9 Å². The zero-order valence-electron chi connectivity index (χ0n) is 11.9. The van der Waals surface area contributed by atoms with E-state index in [0.29, 0.717) is 27.1 Å². The lowest BCUT2D eigenvalue weighted by Gasteiger charge is -2.19. The number of fused-ring (bicyclic) bond motifs is 1. The number of nitrogens with zero attached hydrogens (tertiary/aromatic N) is 2. The minimum absolute atomic E-state index is 0.360. The summed E-state index contributed by atoms with van der Waals surface area (Å²) in [5.41, 5.74) is 1.56. The van der Waals surface area contributed by atoms with E-state index in [1.807, 2.05) is 19.1 Å². The Morgan fingerprint density at radius 1 is 1.09 bits per heavy atom. The lowest BCUT2D eigenvalue weighted by atomic mass is 10.1. The topological polar surface area (TPSA) is 60.0 Å². The number of rotatable bonds is 4. The summed E-state index contributed by atoms with van der Waals surface area (Å²) in [6.07, 6.45) is 4.44. The van der Waals surface area contributed by atoms with Crippen LogP contribution in [0.1, 0.15) is 18.6 Å². The van der Waals surface area contributed by atoms with Crippen LogP contribution in [0.15, 0.2) is 30.7 Å². The van der Waals surface area contributed by atoms with Gasteiger partial charge in [-0.15, -0.1) is 0 Å². The largest absolute Gasteiger partial charge is 0.493 e. The Morgan fingerprint density at radius 2 is 1.82 bits per heavy atom. The normalized spacial score (nSPS) is 12.4. The van der Waals surface area contributed by atoms with Crippen LogP contribution in [0.4, 0.5) is 0 Å². The van der Waals surface area contributed by atoms with E-state index in [9.17, 15) is 0 Å². The molecule has 1 unspecified atom stereocenters. The fraction of sp³-hybridized carbons (Fsp3) is 0.200. The molecule has 22 heavy (non-hydrogen) atoms. The lowest BCUT2D eigenvalue weighted by molar-refractivity contribution is 0.216. The van der Waals surface area contributed by atoms with E-state index in [4.69, 9.17) is 32.7 Å². The van der Waals surface area contributed by atoms with Crippen molar-refractivity contribution in [2.75, 3.05) is 7.11 Å². The van der Waals surface area contributed by atoms with Crippen molar-refractivity contribution in [1.82, 2.24) is 15.2 Å². The summed E-state index contributed by atoms with van der Waals surface area (Å²) in [7, 11) is 1.58. The van der Waals surface area contributed by atoms with Crippen LogP contribution in [0, 0.1) is 0 Å². The molecule has 0 spiro atoms. The van der Waals surface area contributed by atoms with E-state index in [-0.39, 0.29) is 6.10 Å². The molecule has 7 heteroatoms. The van der Waals surface area contributed by atoms with Crippen LogP contribution in [0.3, 0.4) is 0 Å². The fourth-order valence-corrected chi connectivity index (χ4v) is 2.93. The summed E-state index contributed by atoms with van der Waals surface area (Å²) in [5, 5.41) is 8.73. The van der Waals surface area contributed by atoms with Gasteiger partial charge < -0.3 is 9.47 Å². The second kappa shape index (κ2) is 6.02. The second-order valence-electron chi connectivity index (χ2n) is 4.74. The number of methoxy groups -OCH3 is 1. The Morgan fingerprint density at radius 3 is 2.50 bits per heavy atom. The van der Waals surface area contributed by atoms with Gasteiger partial charge in [0, 0.05) is 29.4 Å². The van der Waals surface area contributed by atoms with Crippen molar-refractivity contribution in [3.8, 4) is 11.5 Å². The Kier molecular flexibility index (Phi) is 4.09. The van der Waals surface area contributed by atoms with Crippen LogP contribution < -0.4 is 9.47 Å². The van der Waals surface area contributed by atoms with Crippen LogP contribution in [0.25, 0.3) is 10.9 Å². The maximum absolute atomic E-state index is 6.17. The SMILES string of the molecule is COc1cc2[nH]ncc2cc1OC(C)c1c(Cl)cncc1Cl. The van der Waals surface area contributed by atoms with Gasteiger partial charge in [-0.1, -0.05) is 23.2 Å². The standard InChI is InChI=1S/C15H13Cl2N3O2/c1-8(15-10(16)6-18-7-11(15)17)22-14-3-9-5-19-20-12(9)4-13(14)21-2/h3-8H,1-2H3,(H,19,20). The maximum atomic E-state index is 6.17. The molecule has 0 fully saturated rings. The molecule has 0 radical (unpaired) electrons. The van der Waals surface area contributed by atoms with E-state index in [1.165, 1.54) is 0 Å². The first-order chi connectivity index (χ1) is 10.6. The number of aromatic amines is 1. The number of pyridine rings is 1. The summed E-state index contributed by atoms with van der Waals surface area (Å²) in [4.78, 5) is 3.95. The van der Waals surface area contributed by atoms with Crippen LogP contribution in [-0.4, -0.2) is 22.3 Å². The molecule has 0 saturated heterocycles. The van der Waals surface area contributed by atoms with Crippen LogP contribution in [0.2, 0.25) is 10.0 Å². The van der Waals surface area contributed by atoms with Gasteiger partial charge in [-0.3, -0.25) is 10.1 Å². The highest BCUT2D eigenvalue weighted by atomic mass is 35.5. The Hall–Kier alpha value is -1.98. The Balaban J connectivity index is 1.98. The highest BCUT2D eigenvalue weighted by Crippen LogP contribution is 2.37. The molecule has 0 aliphatic carbocycles. The molecule has 1 atom stereocenters. The number of H-pyrrole nitrogens is 1.